The first-order chi connectivity index (χ1) is 11.5. The van der Waals surface area contributed by atoms with Gasteiger partial charge >= 0.3 is 11.7 Å². The van der Waals surface area contributed by atoms with Crippen LogP contribution in [0.2, 0.25) is 5.02 Å². The first kappa shape index (κ1) is 17.7. The highest BCUT2D eigenvalue weighted by Gasteiger charge is 2.20. The fourth-order valence-corrected chi connectivity index (χ4v) is 2.45. The summed E-state index contributed by atoms with van der Waals surface area (Å²) >= 11 is 5.76. The number of hydrogen-bond acceptors (Lipinski definition) is 5. The molecule has 0 aliphatic heterocycles. The second-order valence-corrected chi connectivity index (χ2v) is 5.68. The molecular weight excluding hydrogens is 334 g/mol. The zero-order valence-corrected chi connectivity index (χ0v) is 13.4. The van der Waals surface area contributed by atoms with Crippen LogP contribution in [0.5, 0.6) is 0 Å². The van der Waals surface area contributed by atoms with Crippen LogP contribution < -0.4 is 5.32 Å². The number of carboxylic acids is 1. The summed E-state index contributed by atoms with van der Waals surface area (Å²) in [6.07, 6.45) is 2.10. The molecule has 1 aromatic heterocycles. The highest BCUT2D eigenvalue weighted by atomic mass is 35.5. The summed E-state index contributed by atoms with van der Waals surface area (Å²) in [5, 5.41) is 23.2. The van der Waals surface area contributed by atoms with Crippen molar-refractivity contribution in [2.75, 3.05) is 5.32 Å². The van der Waals surface area contributed by atoms with E-state index in [-0.39, 0.29) is 29.0 Å². The van der Waals surface area contributed by atoms with Crippen molar-refractivity contribution in [1.29, 1.82) is 0 Å². The number of nitrogens with zero attached hydrogens (tertiary/aromatic N) is 2. The van der Waals surface area contributed by atoms with Gasteiger partial charge in [0.2, 0.25) is 5.82 Å². The molecule has 126 valence electrons. The predicted molar refractivity (Wildman–Crippen MR) is 90.3 cm³/mol. The lowest BCUT2D eigenvalue weighted by Gasteiger charge is -2.18. The summed E-state index contributed by atoms with van der Waals surface area (Å²) in [5.74, 6) is -0.843. The number of halogens is 1. The molecule has 0 fully saturated rings. The Morgan fingerprint density at radius 2 is 2.08 bits per heavy atom. The molecule has 2 aromatic rings. The van der Waals surface area contributed by atoms with E-state index in [1.165, 1.54) is 12.3 Å². The number of carbonyl (C=O) groups is 1. The summed E-state index contributed by atoms with van der Waals surface area (Å²) in [6, 6.07) is 10.4. The van der Waals surface area contributed by atoms with Crippen molar-refractivity contribution in [3.05, 3.63) is 63.3 Å². The van der Waals surface area contributed by atoms with Gasteiger partial charge in [0.05, 0.1) is 9.95 Å². The first-order valence-corrected chi connectivity index (χ1v) is 7.65. The summed E-state index contributed by atoms with van der Waals surface area (Å²) in [6.45, 7) is 0. The zero-order chi connectivity index (χ0) is 17.5. The van der Waals surface area contributed by atoms with Crippen LogP contribution in [0.3, 0.4) is 0 Å². The van der Waals surface area contributed by atoms with Gasteiger partial charge in [0.1, 0.15) is 0 Å². The SMILES string of the molecule is O=C(O)CCC(Cc1ccccc1)Nc1ncc(Cl)cc1[N+](=O)[O-]. The number of carboxylic acid groups (broad SMARTS) is 1. The van der Waals surface area contributed by atoms with Crippen molar-refractivity contribution in [2.45, 2.75) is 25.3 Å². The largest absolute Gasteiger partial charge is 0.481 e. The molecule has 1 heterocycles. The van der Waals surface area contributed by atoms with Crippen molar-refractivity contribution in [3.8, 4) is 0 Å². The highest BCUT2D eigenvalue weighted by molar-refractivity contribution is 6.30. The van der Waals surface area contributed by atoms with Crippen molar-refractivity contribution in [3.63, 3.8) is 0 Å². The fourth-order valence-electron chi connectivity index (χ4n) is 2.29. The van der Waals surface area contributed by atoms with Crippen LogP contribution in [0.1, 0.15) is 18.4 Å². The van der Waals surface area contributed by atoms with Gasteiger partial charge in [0.15, 0.2) is 0 Å². The number of nitro groups is 1. The number of anilines is 1. The second-order valence-electron chi connectivity index (χ2n) is 5.24. The Morgan fingerprint density at radius 3 is 2.71 bits per heavy atom. The minimum absolute atomic E-state index is 0.0497. The van der Waals surface area contributed by atoms with Gasteiger partial charge in [-0.2, -0.15) is 0 Å². The Bertz CT molecular complexity index is 725. The summed E-state index contributed by atoms with van der Waals surface area (Å²) in [7, 11) is 0. The summed E-state index contributed by atoms with van der Waals surface area (Å²) < 4.78 is 0. The quantitative estimate of drug-likeness (QED) is 0.558. The molecule has 0 amide bonds. The first-order valence-electron chi connectivity index (χ1n) is 7.28. The maximum Gasteiger partial charge on any atom is 0.312 e. The van der Waals surface area contributed by atoms with E-state index < -0.39 is 10.9 Å². The summed E-state index contributed by atoms with van der Waals surface area (Å²) in [4.78, 5) is 25.4. The fraction of sp³-hybridized carbons (Fsp3) is 0.250. The van der Waals surface area contributed by atoms with E-state index >= 15 is 0 Å². The van der Waals surface area contributed by atoms with Crippen LogP contribution in [0.25, 0.3) is 0 Å². The third-order valence-corrected chi connectivity index (χ3v) is 3.61. The molecule has 1 atom stereocenters. The van der Waals surface area contributed by atoms with Gasteiger partial charge in [-0.05, 0) is 18.4 Å². The van der Waals surface area contributed by atoms with Gasteiger partial charge in [-0.25, -0.2) is 4.98 Å². The average Bonchev–Trinajstić information content (AvgIpc) is 2.55. The molecule has 2 N–H and O–H groups in total. The molecule has 0 aliphatic carbocycles. The van der Waals surface area contributed by atoms with Crippen molar-refractivity contribution in [2.24, 2.45) is 0 Å². The van der Waals surface area contributed by atoms with E-state index in [1.807, 2.05) is 30.3 Å². The molecule has 0 saturated heterocycles. The van der Waals surface area contributed by atoms with E-state index in [2.05, 4.69) is 10.3 Å². The molecule has 2 rings (SSSR count). The molecular formula is C16H16ClN3O4. The molecule has 1 aromatic carbocycles. The lowest BCUT2D eigenvalue weighted by atomic mass is 10.0. The molecule has 0 aliphatic rings. The second kappa shape index (κ2) is 8.26. The van der Waals surface area contributed by atoms with E-state index in [9.17, 15) is 14.9 Å². The number of rotatable bonds is 8. The van der Waals surface area contributed by atoms with Crippen LogP contribution in [0.15, 0.2) is 42.6 Å². The normalized spacial score (nSPS) is 11.7. The Balaban J connectivity index is 2.21. The van der Waals surface area contributed by atoms with Gasteiger partial charge in [0.25, 0.3) is 0 Å². The molecule has 0 spiro atoms. The third-order valence-electron chi connectivity index (χ3n) is 3.40. The van der Waals surface area contributed by atoms with Gasteiger partial charge < -0.3 is 10.4 Å². The highest BCUT2D eigenvalue weighted by Crippen LogP contribution is 2.26. The molecule has 0 saturated carbocycles. The topological polar surface area (TPSA) is 105 Å². The molecule has 0 radical (unpaired) electrons. The van der Waals surface area contributed by atoms with Gasteiger partial charge in [-0.15, -0.1) is 0 Å². The monoisotopic (exact) mass is 349 g/mol. The number of pyridine rings is 1. The Labute approximate surface area is 143 Å². The lowest BCUT2D eigenvalue weighted by molar-refractivity contribution is -0.384. The van der Waals surface area contributed by atoms with Crippen molar-refractivity contribution < 1.29 is 14.8 Å². The van der Waals surface area contributed by atoms with Crippen LogP contribution in [-0.4, -0.2) is 27.0 Å². The van der Waals surface area contributed by atoms with E-state index in [1.54, 1.807) is 0 Å². The summed E-state index contributed by atoms with van der Waals surface area (Å²) in [5.41, 5.74) is 0.757. The maximum absolute atomic E-state index is 11.2. The number of aliphatic carboxylic acids is 1. The van der Waals surface area contributed by atoms with E-state index in [0.717, 1.165) is 5.56 Å². The number of nitrogens with one attached hydrogen (secondary N) is 1. The maximum atomic E-state index is 11.2. The zero-order valence-electron chi connectivity index (χ0n) is 12.7. The average molecular weight is 350 g/mol. The Hall–Kier alpha value is -2.67. The molecule has 0 bridgehead atoms. The molecule has 1 unspecified atom stereocenters. The van der Waals surface area contributed by atoms with Crippen molar-refractivity contribution >= 4 is 29.1 Å². The van der Waals surface area contributed by atoms with E-state index in [4.69, 9.17) is 16.7 Å². The van der Waals surface area contributed by atoms with Crippen LogP contribution >= 0.6 is 11.6 Å². The molecule has 7 nitrogen and oxygen atoms in total. The minimum atomic E-state index is -0.923. The smallest absolute Gasteiger partial charge is 0.312 e. The van der Waals surface area contributed by atoms with E-state index in [0.29, 0.717) is 12.8 Å². The van der Waals surface area contributed by atoms with Crippen molar-refractivity contribution in [1.82, 2.24) is 4.98 Å². The lowest BCUT2D eigenvalue weighted by Crippen LogP contribution is -2.24. The molecule has 24 heavy (non-hydrogen) atoms. The van der Waals surface area contributed by atoms with Crippen LogP contribution in [0, 0.1) is 10.1 Å². The number of benzene rings is 1. The minimum Gasteiger partial charge on any atom is -0.481 e. The van der Waals surface area contributed by atoms with Crippen LogP contribution in [0.4, 0.5) is 11.5 Å². The number of aromatic nitrogens is 1. The third kappa shape index (κ3) is 5.20. The van der Waals surface area contributed by atoms with Gasteiger partial charge in [-0.1, -0.05) is 41.9 Å². The van der Waals surface area contributed by atoms with Crippen LogP contribution in [-0.2, 0) is 11.2 Å². The van der Waals surface area contributed by atoms with Gasteiger partial charge in [-0.3, -0.25) is 14.9 Å². The predicted octanol–water partition coefficient (Wildman–Crippen LogP) is 3.53. The Kier molecular flexibility index (Phi) is 6.08. The number of hydrogen-bond donors (Lipinski definition) is 2. The molecule has 8 heteroatoms. The standard InChI is InChI=1S/C16H16ClN3O4/c17-12-9-14(20(23)24)16(18-10-12)19-13(6-7-15(21)22)8-11-4-2-1-3-5-11/h1-5,9-10,13H,6-8H2,(H,18,19)(H,21,22). The Morgan fingerprint density at radius 1 is 1.38 bits per heavy atom. The van der Waals surface area contributed by atoms with Gasteiger partial charge in [0, 0.05) is 24.7 Å².